The summed E-state index contributed by atoms with van der Waals surface area (Å²) in [7, 11) is 0. The topological polar surface area (TPSA) is 46.6 Å². The number of rotatable bonds is 3. The van der Waals surface area contributed by atoms with Gasteiger partial charge in [-0.2, -0.15) is 0 Å². The summed E-state index contributed by atoms with van der Waals surface area (Å²) in [6, 6.07) is 9.43. The lowest BCUT2D eigenvalue weighted by atomic mass is 10.0. The van der Waals surface area contributed by atoms with Crippen molar-refractivity contribution in [2.45, 2.75) is 31.3 Å². The number of hydrogen-bond acceptors (Lipinski definition) is 3. The van der Waals surface area contributed by atoms with E-state index in [1.807, 2.05) is 30.3 Å². The molecule has 3 rings (SSSR count). The number of nitrogens with zero attached hydrogens (tertiary/aromatic N) is 1. The normalized spacial score (nSPS) is 26.0. The summed E-state index contributed by atoms with van der Waals surface area (Å²) in [6.07, 6.45) is 1.98. The summed E-state index contributed by atoms with van der Waals surface area (Å²) < 4.78 is 5.01. The van der Waals surface area contributed by atoms with Crippen molar-refractivity contribution in [1.82, 2.24) is 4.90 Å². The van der Waals surface area contributed by atoms with Gasteiger partial charge >= 0.3 is 6.09 Å². The number of ketones is 1. The van der Waals surface area contributed by atoms with Crippen molar-refractivity contribution >= 4 is 11.9 Å². The van der Waals surface area contributed by atoms with Crippen molar-refractivity contribution in [3.63, 3.8) is 0 Å². The molecule has 2 aliphatic rings. The molecule has 2 fully saturated rings. The molecule has 1 unspecified atom stereocenters. The lowest BCUT2D eigenvalue weighted by Gasteiger charge is -2.20. The molecule has 0 aromatic heterocycles. The number of benzene rings is 1. The Bertz CT molecular complexity index is 471. The van der Waals surface area contributed by atoms with Crippen LogP contribution in [0.4, 0.5) is 4.79 Å². The molecule has 1 aromatic rings. The van der Waals surface area contributed by atoms with Crippen molar-refractivity contribution in [3.8, 4) is 0 Å². The lowest BCUT2D eigenvalue weighted by Crippen LogP contribution is -2.36. The van der Waals surface area contributed by atoms with E-state index in [0.717, 1.165) is 12.8 Å². The van der Waals surface area contributed by atoms with E-state index in [-0.39, 0.29) is 24.0 Å². The molecule has 2 aliphatic heterocycles. The Balaban J connectivity index is 1.70. The van der Waals surface area contributed by atoms with E-state index < -0.39 is 0 Å². The summed E-state index contributed by atoms with van der Waals surface area (Å²) in [4.78, 5) is 25.4. The Kier molecular flexibility index (Phi) is 2.78. The first kappa shape index (κ1) is 11.3. The van der Waals surface area contributed by atoms with E-state index in [1.54, 1.807) is 4.90 Å². The largest absolute Gasteiger partial charge is 0.447 e. The molecule has 4 heteroatoms. The third kappa shape index (κ3) is 1.88. The molecule has 2 saturated heterocycles. The number of amides is 1. The molecule has 0 bridgehead atoms. The predicted octanol–water partition coefficient (Wildman–Crippen LogP) is 2.24. The number of fused-ring (bicyclic) bond motifs is 1. The molecule has 0 N–H and O–H groups in total. The molecule has 0 radical (unpaired) electrons. The molecule has 2 heterocycles. The van der Waals surface area contributed by atoms with E-state index >= 15 is 0 Å². The molecule has 0 aliphatic carbocycles. The van der Waals surface area contributed by atoms with Crippen LogP contribution in [-0.4, -0.2) is 35.5 Å². The third-order valence-electron chi connectivity index (χ3n) is 3.75. The van der Waals surface area contributed by atoms with E-state index in [2.05, 4.69) is 0 Å². The summed E-state index contributed by atoms with van der Waals surface area (Å²) >= 11 is 0. The second-order valence-electron chi connectivity index (χ2n) is 4.86. The molecule has 18 heavy (non-hydrogen) atoms. The van der Waals surface area contributed by atoms with Crippen LogP contribution in [0, 0.1) is 0 Å². The Morgan fingerprint density at radius 2 is 2.06 bits per heavy atom. The average molecular weight is 245 g/mol. The molecule has 94 valence electrons. The molecule has 0 saturated carbocycles. The Morgan fingerprint density at radius 1 is 1.28 bits per heavy atom. The standard InChI is InChI=1S/C14H15NO3/c16-13(10-4-2-1-3-5-10)8-11-6-7-12-9-18-14(17)15(11)12/h1-5,11-12H,6-9H2/t11?,12-/m0/s1. The fourth-order valence-corrected chi connectivity index (χ4v) is 2.82. The van der Waals surface area contributed by atoms with Gasteiger partial charge < -0.3 is 4.74 Å². The second kappa shape index (κ2) is 4.44. The van der Waals surface area contributed by atoms with Crippen molar-refractivity contribution < 1.29 is 14.3 Å². The van der Waals surface area contributed by atoms with Crippen LogP contribution in [0.25, 0.3) is 0 Å². The van der Waals surface area contributed by atoms with Crippen LogP contribution in [0.2, 0.25) is 0 Å². The van der Waals surface area contributed by atoms with Gasteiger partial charge in [0.15, 0.2) is 5.78 Å². The van der Waals surface area contributed by atoms with Gasteiger partial charge in [-0.15, -0.1) is 0 Å². The van der Waals surface area contributed by atoms with Crippen molar-refractivity contribution in [2.24, 2.45) is 0 Å². The number of Topliss-reactive ketones (excluding diaryl/α,β-unsaturated/α-hetero) is 1. The molecule has 0 spiro atoms. The highest BCUT2D eigenvalue weighted by Crippen LogP contribution is 2.31. The van der Waals surface area contributed by atoms with Gasteiger partial charge in [0.2, 0.25) is 0 Å². The van der Waals surface area contributed by atoms with E-state index in [0.29, 0.717) is 18.6 Å². The minimum atomic E-state index is -0.261. The minimum Gasteiger partial charge on any atom is -0.447 e. The highest BCUT2D eigenvalue weighted by Gasteiger charge is 2.43. The van der Waals surface area contributed by atoms with Gasteiger partial charge in [0.05, 0.1) is 6.04 Å². The van der Waals surface area contributed by atoms with Gasteiger partial charge in [-0.3, -0.25) is 9.69 Å². The van der Waals surface area contributed by atoms with E-state index in [1.165, 1.54) is 0 Å². The van der Waals surface area contributed by atoms with Crippen LogP contribution in [-0.2, 0) is 4.74 Å². The first-order valence-electron chi connectivity index (χ1n) is 6.29. The van der Waals surface area contributed by atoms with E-state index in [9.17, 15) is 9.59 Å². The molecule has 1 aromatic carbocycles. The maximum absolute atomic E-state index is 12.1. The fraction of sp³-hybridized carbons (Fsp3) is 0.429. The highest BCUT2D eigenvalue weighted by atomic mass is 16.6. The minimum absolute atomic E-state index is 0.0118. The number of carbonyl (C=O) groups excluding carboxylic acids is 2. The SMILES string of the molecule is O=C(CC1CC[C@H]2COC(=O)N12)c1ccccc1. The van der Waals surface area contributed by atoms with Crippen LogP contribution >= 0.6 is 0 Å². The quantitative estimate of drug-likeness (QED) is 0.767. The summed E-state index contributed by atoms with van der Waals surface area (Å²) in [5.74, 6) is 0.0981. The Labute approximate surface area is 106 Å². The van der Waals surface area contributed by atoms with Gasteiger partial charge in [-0.05, 0) is 12.8 Å². The second-order valence-corrected chi connectivity index (χ2v) is 4.86. The van der Waals surface area contributed by atoms with Crippen molar-refractivity contribution in [3.05, 3.63) is 35.9 Å². The van der Waals surface area contributed by atoms with Gasteiger partial charge in [0.1, 0.15) is 6.61 Å². The smallest absolute Gasteiger partial charge is 0.410 e. The highest BCUT2D eigenvalue weighted by molar-refractivity contribution is 5.96. The molecule has 2 atom stereocenters. The predicted molar refractivity (Wildman–Crippen MR) is 65.4 cm³/mol. The van der Waals surface area contributed by atoms with Gasteiger partial charge in [-0.25, -0.2) is 4.79 Å². The van der Waals surface area contributed by atoms with Crippen molar-refractivity contribution in [2.75, 3.05) is 6.61 Å². The lowest BCUT2D eigenvalue weighted by molar-refractivity contribution is 0.0944. The first-order valence-corrected chi connectivity index (χ1v) is 6.29. The molecular formula is C14H15NO3. The van der Waals surface area contributed by atoms with E-state index in [4.69, 9.17) is 4.74 Å². The zero-order chi connectivity index (χ0) is 12.5. The summed E-state index contributed by atoms with van der Waals surface area (Å²) in [6.45, 7) is 0.481. The maximum atomic E-state index is 12.1. The number of hydrogen-bond donors (Lipinski definition) is 0. The van der Waals surface area contributed by atoms with Crippen LogP contribution in [0.3, 0.4) is 0 Å². The third-order valence-corrected chi connectivity index (χ3v) is 3.75. The molecular weight excluding hydrogens is 230 g/mol. The molecule has 4 nitrogen and oxygen atoms in total. The number of ether oxygens (including phenoxy) is 1. The van der Waals surface area contributed by atoms with Crippen LogP contribution < -0.4 is 0 Å². The number of carbonyl (C=O) groups is 2. The van der Waals surface area contributed by atoms with Crippen LogP contribution in [0.15, 0.2) is 30.3 Å². The van der Waals surface area contributed by atoms with Gasteiger partial charge in [0.25, 0.3) is 0 Å². The van der Waals surface area contributed by atoms with Crippen molar-refractivity contribution in [1.29, 1.82) is 0 Å². The van der Waals surface area contributed by atoms with Gasteiger partial charge in [0, 0.05) is 18.0 Å². The number of cyclic esters (lactones) is 1. The zero-order valence-corrected chi connectivity index (χ0v) is 10.0. The fourth-order valence-electron chi connectivity index (χ4n) is 2.82. The zero-order valence-electron chi connectivity index (χ0n) is 10.0. The Hall–Kier alpha value is -1.84. The van der Waals surface area contributed by atoms with Crippen LogP contribution in [0.5, 0.6) is 0 Å². The summed E-state index contributed by atoms with van der Waals surface area (Å²) in [5.41, 5.74) is 0.716. The Morgan fingerprint density at radius 3 is 2.83 bits per heavy atom. The van der Waals surface area contributed by atoms with Gasteiger partial charge in [-0.1, -0.05) is 30.3 Å². The first-order chi connectivity index (χ1) is 8.75. The monoisotopic (exact) mass is 245 g/mol. The summed E-state index contributed by atoms with van der Waals surface area (Å²) in [5, 5.41) is 0. The van der Waals surface area contributed by atoms with Crippen LogP contribution in [0.1, 0.15) is 29.6 Å². The maximum Gasteiger partial charge on any atom is 0.410 e. The molecule has 1 amide bonds. The average Bonchev–Trinajstić information content (AvgIpc) is 2.95.